The largest absolute Gasteiger partial charge is 0.370 e. The van der Waals surface area contributed by atoms with E-state index in [0.29, 0.717) is 44.1 Å². The Labute approximate surface area is 835 Å². The van der Waals surface area contributed by atoms with Gasteiger partial charge in [0.05, 0.1) is 6.04 Å². The van der Waals surface area contributed by atoms with E-state index in [0.717, 1.165) is 27.4 Å². The SMILES string of the molecule is N=C(N)NCCC[C@H](NC(=O)[C@H](Cc1c[nH]c2ccccc12)NC(=O)[C@H](CCCNC(=N)N)NC(=O)[C@H](Cc1ccccc1)NC(=O)[C@H](CCCNC(=N)N)NC(=O)[C@H](CCCNC(=N)N)NC(=O)[C@H](CCCNC(=N)N)NC(=O)[C@H](CCCNC(=N)N)NC(=O)[C@H](Cc1c[nH]c2ccccc12)NC(=O)[C@H](CCCNC(=N)N)NC(=O)[C@@H](N)Cc1c[nH]c2ccccc12)C(=O)N[C@@H](Cc1c[nH]c2ccccc12)C(N)=O. The maximum atomic E-state index is 15.5. The van der Waals surface area contributed by atoms with E-state index >= 15 is 43.2 Å². The highest BCUT2D eigenvalue weighted by molar-refractivity contribution is 6.01. The van der Waals surface area contributed by atoms with Gasteiger partial charge in [-0.25, -0.2) is 0 Å². The van der Waals surface area contributed by atoms with Crippen molar-refractivity contribution in [3.63, 3.8) is 0 Å². The topological polar surface area (TPSA) is 886 Å². The molecule has 0 saturated carbocycles. The number of H-pyrrole nitrogens is 4. The van der Waals surface area contributed by atoms with Crippen molar-refractivity contribution in [3.05, 3.63) is 180 Å². The number of benzene rings is 5. The summed E-state index contributed by atoms with van der Waals surface area (Å²) >= 11 is 0. The van der Waals surface area contributed by atoms with Gasteiger partial charge in [0, 0.05) is 140 Å². The number of nitrogens with two attached hydrogens (primary N) is 9. The first-order valence-electron chi connectivity index (χ1n) is 47.7. The molecule has 145 heavy (non-hydrogen) atoms. The molecule has 0 aliphatic carbocycles. The molecule has 0 bridgehead atoms. The molecule has 12 atom stereocenters. The van der Waals surface area contributed by atoms with Crippen LogP contribution >= 0.6 is 0 Å². The first kappa shape index (κ1) is 111. The number of primary amides is 1. The molecule has 5 aromatic carbocycles. The van der Waals surface area contributed by atoms with Gasteiger partial charge in [0.25, 0.3) is 0 Å². The number of aromatic nitrogens is 4. The molecule has 4 aromatic heterocycles. The van der Waals surface area contributed by atoms with Gasteiger partial charge in [-0.1, -0.05) is 103 Å². The Hall–Kier alpha value is -17.2. The molecule has 9 aromatic rings. The standard InChI is InChI=1S/C95H136N38O12/c96-61(44-53-48-119-62-25-8-4-21-57(53)62)78(135)123-66(29-12-36-112-89(98)99)83(140)132-75(46-55-50-121-64-27-10-6-23-59(55)64)87(144)128-69(32-15-39-115-92(104)105)81(138)125-67(30-13-37-113-90(100)101)79(136)124-68(31-14-38-114-91(102)103)80(137)126-71(34-17-41-117-94(108)109)84(141)131-74(43-52-19-2-1-3-20-52)86(143)127-72(35-18-42-118-95(110)111)85(142)133-76(47-56-51-122-65-28-11-7-24-60(56)65)88(145)129-70(33-16-40-116-93(106)107)82(139)130-73(77(97)134)45-54-49-120-63-26-9-5-22-58(54)63/h1-11,19-28,48-51,61,66-76,119-122H,12-18,29-47,96H2,(H2,97,134)(H,123,135)(H,124,136)(H,125,138)(H,126,137)(H,127,143)(H,128,144)(H,129,145)(H,130,139)(H,131,141)(H,132,140)(H,133,142)(H4,98,99,112)(H4,100,101,113)(H4,102,103,114)(H4,104,105,115)(H4,106,107,116)(H4,108,109,117)(H4,110,111,118)/t61-,66-,67-,68-,69-,70-,71-,72-,73-,74-,75-,76-/m0/s1. The van der Waals surface area contributed by atoms with Crippen LogP contribution in [0.5, 0.6) is 0 Å². The number of guanidine groups is 7. The lowest BCUT2D eigenvalue weighted by molar-refractivity contribution is -0.136. The molecule has 9 rings (SSSR count). The van der Waals surface area contributed by atoms with Crippen molar-refractivity contribution in [1.29, 1.82) is 37.9 Å². The minimum Gasteiger partial charge on any atom is -0.370 e. The number of amides is 12. The fourth-order valence-electron chi connectivity index (χ4n) is 16.5. The van der Waals surface area contributed by atoms with E-state index in [-0.39, 0.29) is 180 Å². The summed E-state index contributed by atoms with van der Waals surface area (Å²) in [7, 11) is 0. The van der Waals surface area contributed by atoms with E-state index in [1.165, 1.54) is 0 Å². The van der Waals surface area contributed by atoms with Crippen LogP contribution in [0.4, 0.5) is 0 Å². The van der Waals surface area contributed by atoms with Gasteiger partial charge in [-0.05, 0) is 148 Å². The maximum absolute atomic E-state index is 15.5. The van der Waals surface area contributed by atoms with E-state index in [9.17, 15) is 14.4 Å². The Bertz CT molecular complexity index is 6000. The molecular weight excluding hydrogens is 1870 g/mol. The third kappa shape index (κ3) is 36.7. The Morgan fingerprint density at radius 3 is 0.648 bits per heavy atom. The molecule has 47 N–H and O–H groups in total. The number of rotatable bonds is 61. The summed E-state index contributed by atoms with van der Waals surface area (Å²) in [6, 6.07) is 19.2. The van der Waals surface area contributed by atoms with Crippen molar-refractivity contribution >= 4 is 156 Å². The fraction of sp³-hybridized carbons (Fsp3) is 0.400. The zero-order valence-electron chi connectivity index (χ0n) is 80.3. The second-order valence-electron chi connectivity index (χ2n) is 35.0. The van der Waals surface area contributed by atoms with Gasteiger partial charge in [0.15, 0.2) is 41.7 Å². The van der Waals surface area contributed by atoms with Crippen LogP contribution in [-0.2, 0) is 89.6 Å². The summed E-state index contributed by atoms with van der Waals surface area (Å²) in [5.74, 6) is -14.0. The molecule has 4 heterocycles. The van der Waals surface area contributed by atoms with Gasteiger partial charge >= 0.3 is 0 Å². The van der Waals surface area contributed by atoms with E-state index in [1.54, 1.807) is 110 Å². The average Bonchev–Trinajstić information content (AvgIpc) is 1.72. The summed E-state index contributed by atoms with van der Waals surface area (Å²) in [4.78, 5) is 193. The Morgan fingerprint density at radius 1 is 0.228 bits per heavy atom. The van der Waals surface area contributed by atoms with Crippen LogP contribution in [0.25, 0.3) is 43.6 Å². The molecule has 12 amide bonds. The van der Waals surface area contributed by atoms with Gasteiger partial charge < -0.3 is 167 Å². The number of aromatic amines is 4. The zero-order chi connectivity index (χ0) is 105. The van der Waals surface area contributed by atoms with Crippen molar-refractivity contribution in [2.45, 2.75) is 194 Å². The first-order chi connectivity index (χ1) is 69.5. The van der Waals surface area contributed by atoms with Gasteiger partial charge in [-0.15, -0.1) is 0 Å². The van der Waals surface area contributed by atoms with Crippen LogP contribution in [-0.4, -0.2) is 251 Å². The number of nitrogens with one attached hydrogen (secondary N) is 29. The third-order valence-corrected chi connectivity index (χ3v) is 23.9. The van der Waals surface area contributed by atoms with Crippen molar-refractivity contribution < 1.29 is 57.5 Å². The lowest BCUT2D eigenvalue weighted by atomic mass is 10.0. The Kier molecular flexibility index (Phi) is 43.7. The Balaban J connectivity index is 1.00. The minimum absolute atomic E-state index is 0.00513. The van der Waals surface area contributed by atoms with Crippen LogP contribution in [0.1, 0.15) is 118 Å². The van der Waals surface area contributed by atoms with Crippen LogP contribution in [0.3, 0.4) is 0 Å². The molecule has 0 saturated heterocycles. The van der Waals surface area contributed by atoms with Gasteiger partial charge in [0.2, 0.25) is 70.9 Å². The van der Waals surface area contributed by atoms with Crippen molar-refractivity contribution in [3.8, 4) is 0 Å². The van der Waals surface area contributed by atoms with Crippen molar-refractivity contribution in [2.75, 3.05) is 45.8 Å². The van der Waals surface area contributed by atoms with Crippen LogP contribution in [0.15, 0.2) is 152 Å². The number of para-hydroxylation sites is 4. The highest BCUT2D eigenvalue weighted by Gasteiger charge is 2.39. The van der Waals surface area contributed by atoms with Crippen molar-refractivity contribution in [1.82, 2.24) is 116 Å². The monoisotopic (exact) mass is 2000 g/mol. The van der Waals surface area contributed by atoms with Crippen LogP contribution < -0.4 is 147 Å². The number of carbonyl (C=O) groups is 12. The smallest absolute Gasteiger partial charge is 0.243 e. The summed E-state index contributed by atoms with van der Waals surface area (Å²) < 4.78 is 0. The van der Waals surface area contributed by atoms with Crippen LogP contribution in [0, 0.1) is 37.9 Å². The number of hydrogen-bond acceptors (Lipinski definition) is 20. The molecule has 0 radical (unpaired) electrons. The predicted octanol–water partition coefficient (Wildman–Crippen LogP) is -3.89. The second kappa shape index (κ2) is 56.9. The molecule has 50 heteroatoms. The summed E-state index contributed by atoms with van der Waals surface area (Å²) in [6.45, 7) is -0.0404. The molecule has 50 nitrogen and oxygen atoms in total. The van der Waals surface area contributed by atoms with Crippen molar-refractivity contribution in [2.24, 2.45) is 51.6 Å². The molecular formula is C95H136N38O12. The van der Waals surface area contributed by atoms with Gasteiger partial charge in [-0.2, -0.15) is 0 Å². The Morgan fingerprint density at radius 2 is 0.414 bits per heavy atom. The zero-order valence-corrected chi connectivity index (χ0v) is 80.3. The lowest BCUT2D eigenvalue weighted by Gasteiger charge is -2.29. The maximum Gasteiger partial charge on any atom is 0.243 e. The molecule has 0 fully saturated rings. The van der Waals surface area contributed by atoms with Crippen LogP contribution in [0.2, 0.25) is 0 Å². The summed E-state index contributed by atoms with van der Waals surface area (Å²) in [6.07, 6.45) is 4.79. The fourth-order valence-corrected chi connectivity index (χ4v) is 16.5. The summed E-state index contributed by atoms with van der Waals surface area (Å²) in [5.41, 5.74) is 58.1. The second-order valence-corrected chi connectivity index (χ2v) is 35.0. The summed E-state index contributed by atoms with van der Waals surface area (Å²) in [5, 5.41) is 107. The predicted molar refractivity (Wildman–Crippen MR) is 551 cm³/mol. The normalized spacial score (nSPS) is 13.6. The number of carbonyl (C=O) groups excluding carboxylic acids is 12. The van der Waals surface area contributed by atoms with Gasteiger partial charge in [0.1, 0.15) is 66.5 Å². The quantitative estimate of drug-likeness (QED) is 0.00985. The highest BCUT2D eigenvalue weighted by atomic mass is 16.2. The van der Waals surface area contributed by atoms with E-state index < -0.39 is 173 Å². The van der Waals surface area contributed by atoms with Gasteiger partial charge in [-0.3, -0.25) is 95.4 Å². The number of hydrogen-bond donors (Lipinski definition) is 38. The average molecular weight is 2000 g/mol. The first-order valence-corrected chi connectivity index (χ1v) is 47.7. The molecule has 0 aliphatic rings. The minimum atomic E-state index is -1.64. The highest BCUT2D eigenvalue weighted by Crippen LogP contribution is 2.25. The molecule has 778 valence electrons. The third-order valence-electron chi connectivity index (χ3n) is 23.9. The number of fused-ring (bicyclic) bond motifs is 4. The lowest BCUT2D eigenvalue weighted by Crippen LogP contribution is -2.61. The van der Waals surface area contributed by atoms with E-state index in [2.05, 4.69) is 116 Å². The molecule has 0 unspecified atom stereocenters. The molecule has 0 aliphatic heterocycles. The van der Waals surface area contributed by atoms with E-state index in [4.69, 9.17) is 89.5 Å². The van der Waals surface area contributed by atoms with E-state index in [1.807, 2.05) is 42.5 Å². The molecule has 0 spiro atoms.